The number of para-hydroxylation sites is 1. The van der Waals surface area contributed by atoms with Gasteiger partial charge in [0, 0.05) is 35.8 Å². The van der Waals surface area contributed by atoms with Crippen LogP contribution in [0.3, 0.4) is 0 Å². The summed E-state index contributed by atoms with van der Waals surface area (Å²) in [6.45, 7) is 1.06. The number of anilines is 1. The maximum absolute atomic E-state index is 13.4. The molecule has 0 atom stereocenters. The van der Waals surface area contributed by atoms with Gasteiger partial charge in [0.2, 0.25) is 11.8 Å². The van der Waals surface area contributed by atoms with E-state index in [-0.39, 0.29) is 17.7 Å². The SMILES string of the molecule is O=C(Nc1ccccc1)C1CCN(C(=O)c2ccccc2-c2ncc(-c3ccccc3)o2)CC1. The van der Waals surface area contributed by atoms with Crippen LogP contribution in [0.15, 0.2) is 95.5 Å². The van der Waals surface area contributed by atoms with Crippen LogP contribution in [0.2, 0.25) is 0 Å². The number of rotatable bonds is 5. The summed E-state index contributed by atoms with van der Waals surface area (Å²) in [7, 11) is 0. The summed E-state index contributed by atoms with van der Waals surface area (Å²) in [5.41, 5.74) is 2.94. The molecule has 1 aliphatic rings. The van der Waals surface area contributed by atoms with E-state index in [1.165, 1.54) is 0 Å². The molecule has 4 aromatic rings. The molecule has 1 saturated heterocycles. The van der Waals surface area contributed by atoms with Crippen molar-refractivity contribution in [1.82, 2.24) is 9.88 Å². The minimum Gasteiger partial charge on any atom is -0.436 e. The third-order valence-corrected chi connectivity index (χ3v) is 6.15. The van der Waals surface area contributed by atoms with Gasteiger partial charge in [-0.1, -0.05) is 60.7 Å². The predicted octanol–water partition coefficient (Wildman–Crippen LogP) is 5.50. The molecule has 0 aliphatic carbocycles. The van der Waals surface area contributed by atoms with Crippen LogP contribution < -0.4 is 5.32 Å². The fraction of sp³-hybridized carbons (Fsp3) is 0.179. The number of hydrogen-bond donors (Lipinski definition) is 1. The summed E-state index contributed by atoms with van der Waals surface area (Å²) in [4.78, 5) is 32.3. The van der Waals surface area contributed by atoms with E-state index in [4.69, 9.17) is 4.42 Å². The molecule has 6 heteroatoms. The first kappa shape index (κ1) is 21.6. The Morgan fingerprint density at radius 1 is 0.853 bits per heavy atom. The van der Waals surface area contributed by atoms with Crippen LogP contribution in [-0.2, 0) is 4.79 Å². The zero-order valence-electron chi connectivity index (χ0n) is 18.7. The van der Waals surface area contributed by atoms with Crippen molar-refractivity contribution in [1.29, 1.82) is 0 Å². The minimum atomic E-state index is -0.111. The van der Waals surface area contributed by atoms with Crippen molar-refractivity contribution < 1.29 is 14.0 Å². The summed E-state index contributed by atoms with van der Waals surface area (Å²) in [6, 6.07) is 26.6. The molecule has 0 saturated carbocycles. The van der Waals surface area contributed by atoms with Crippen LogP contribution in [0, 0.1) is 5.92 Å². The summed E-state index contributed by atoms with van der Waals surface area (Å²) < 4.78 is 6.00. The Hall–Kier alpha value is -4.19. The van der Waals surface area contributed by atoms with Crippen molar-refractivity contribution in [2.24, 2.45) is 5.92 Å². The molecule has 6 nitrogen and oxygen atoms in total. The number of carbonyl (C=O) groups is 2. The molecule has 5 rings (SSSR count). The monoisotopic (exact) mass is 451 g/mol. The highest BCUT2D eigenvalue weighted by molar-refractivity contribution is 6.00. The topological polar surface area (TPSA) is 75.4 Å². The molecule has 1 aromatic heterocycles. The normalized spacial score (nSPS) is 14.1. The predicted molar refractivity (Wildman–Crippen MR) is 131 cm³/mol. The maximum atomic E-state index is 13.4. The van der Waals surface area contributed by atoms with Crippen LogP contribution >= 0.6 is 0 Å². The third-order valence-electron chi connectivity index (χ3n) is 6.15. The highest BCUT2D eigenvalue weighted by Crippen LogP contribution is 2.30. The van der Waals surface area contributed by atoms with Crippen molar-refractivity contribution >= 4 is 17.5 Å². The second kappa shape index (κ2) is 9.75. The fourth-order valence-electron chi connectivity index (χ4n) is 4.27. The van der Waals surface area contributed by atoms with Gasteiger partial charge in [-0.3, -0.25) is 9.59 Å². The molecule has 3 aromatic carbocycles. The van der Waals surface area contributed by atoms with Gasteiger partial charge in [-0.25, -0.2) is 4.98 Å². The minimum absolute atomic E-state index is 0.00641. The van der Waals surface area contributed by atoms with Gasteiger partial charge in [-0.05, 0) is 37.1 Å². The molecule has 170 valence electrons. The second-order valence-corrected chi connectivity index (χ2v) is 8.36. The Bertz CT molecular complexity index is 1280. The molecule has 1 N–H and O–H groups in total. The Balaban J connectivity index is 1.27. The molecule has 0 radical (unpaired) electrons. The van der Waals surface area contributed by atoms with Crippen molar-refractivity contribution in [3.05, 3.63) is 96.7 Å². The number of amides is 2. The summed E-state index contributed by atoms with van der Waals surface area (Å²) in [5.74, 6) is 0.895. The van der Waals surface area contributed by atoms with Crippen LogP contribution in [-0.4, -0.2) is 34.8 Å². The van der Waals surface area contributed by atoms with Gasteiger partial charge in [0.05, 0.1) is 11.8 Å². The largest absolute Gasteiger partial charge is 0.436 e. The number of nitrogens with one attached hydrogen (secondary N) is 1. The van der Waals surface area contributed by atoms with Gasteiger partial charge < -0.3 is 14.6 Å². The Morgan fingerprint density at radius 3 is 2.24 bits per heavy atom. The number of carbonyl (C=O) groups excluding carboxylic acids is 2. The first-order valence-corrected chi connectivity index (χ1v) is 11.4. The number of aromatic nitrogens is 1. The van der Waals surface area contributed by atoms with E-state index >= 15 is 0 Å². The molecular formula is C28H25N3O3. The number of benzene rings is 3. The van der Waals surface area contributed by atoms with E-state index in [9.17, 15) is 9.59 Å². The van der Waals surface area contributed by atoms with Crippen LogP contribution in [0.4, 0.5) is 5.69 Å². The van der Waals surface area contributed by atoms with E-state index in [1.54, 1.807) is 12.3 Å². The zero-order valence-corrected chi connectivity index (χ0v) is 18.7. The van der Waals surface area contributed by atoms with Gasteiger partial charge in [-0.15, -0.1) is 0 Å². The summed E-state index contributed by atoms with van der Waals surface area (Å²) >= 11 is 0. The van der Waals surface area contributed by atoms with Crippen molar-refractivity contribution in [3.63, 3.8) is 0 Å². The standard InChI is InChI=1S/C28H25N3O3/c32-26(30-22-11-5-2-6-12-22)21-15-17-31(18-16-21)28(33)24-14-8-7-13-23(24)27-29-19-25(34-27)20-9-3-1-4-10-20/h1-14,19,21H,15-18H2,(H,30,32). The lowest BCUT2D eigenvalue weighted by molar-refractivity contribution is -0.121. The van der Waals surface area contributed by atoms with Gasteiger partial charge in [0.25, 0.3) is 5.91 Å². The van der Waals surface area contributed by atoms with E-state index < -0.39 is 0 Å². The van der Waals surface area contributed by atoms with E-state index in [0.717, 1.165) is 11.3 Å². The molecule has 0 unspecified atom stereocenters. The van der Waals surface area contributed by atoms with Crippen LogP contribution in [0.25, 0.3) is 22.8 Å². The van der Waals surface area contributed by atoms with Gasteiger partial charge in [0.15, 0.2) is 5.76 Å². The third kappa shape index (κ3) is 4.62. The fourth-order valence-corrected chi connectivity index (χ4v) is 4.27. The Labute approximate surface area is 198 Å². The van der Waals surface area contributed by atoms with Gasteiger partial charge >= 0.3 is 0 Å². The number of piperidine rings is 1. The number of hydrogen-bond acceptors (Lipinski definition) is 4. The zero-order chi connectivity index (χ0) is 23.3. The Morgan fingerprint density at radius 2 is 1.50 bits per heavy atom. The highest BCUT2D eigenvalue weighted by Gasteiger charge is 2.29. The lowest BCUT2D eigenvalue weighted by Gasteiger charge is -2.31. The first-order chi connectivity index (χ1) is 16.7. The number of likely N-dealkylation sites (tertiary alicyclic amines) is 1. The maximum Gasteiger partial charge on any atom is 0.254 e. The quantitative estimate of drug-likeness (QED) is 0.435. The number of oxazole rings is 1. The Kier molecular flexibility index (Phi) is 6.21. The smallest absolute Gasteiger partial charge is 0.254 e. The molecule has 2 heterocycles. The molecule has 1 fully saturated rings. The molecule has 2 amide bonds. The second-order valence-electron chi connectivity index (χ2n) is 8.36. The summed E-state index contributed by atoms with van der Waals surface area (Å²) in [5, 5.41) is 2.97. The van der Waals surface area contributed by atoms with Crippen molar-refractivity contribution in [2.45, 2.75) is 12.8 Å². The van der Waals surface area contributed by atoms with Crippen LogP contribution in [0.1, 0.15) is 23.2 Å². The lowest BCUT2D eigenvalue weighted by Crippen LogP contribution is -2.41. The van der Waals surface area contributed by atoms with Crippen molar-refractivity contribution in [3.8, 4) is 22.8 Å². The molecular weight excluding hydrogens is 426 g/mol. The molecule has 34 heavy (non-hydrogen) atoms. The average Bonchev–Trinajstić information content (AvgIpc) is 3.40. The number of nitrogens with zero attached hydrogens (tertiary/aromatic N) is 2. The molecule has 0 spiro atoms. The molecule has 1 aliphatic heterocycles. The average molecular weight is 452 g/mol. The van der Waals surface area contributed by atoms with Crippen molar-refractivity contribution in [2.75, 3.05) is 18.4 Å². The van der Waals surface area contributed by atoms with Crippen LogP contribution in [0.5, 0.6) is 0 Å². The molecule has 0 bridgehead atoms. The van der Waals surface area contributed by atoms with E-state index in [0.29, 0.717) is 48.7 Å². The first-order valence-electron chi connectivity index (χ1n) is 11.4. The van der Waals surface area contributed by atoms with Gasteiger partial charge in [0.1, 0.15) is 0 Å². The highest BCUT2D eigenvalue weighted by atomic mass is 16.4. The van der Waals surface area contributed by atoms with Gasteiger partial charge in [-0.2, -0.15) is 0 Å². The van der Waals surface area contributed by atoms with E-state index in [2.05, 4.69) is 10.3 Å². The van der Waals surface area contributed by atoms with E-state index in [1.807, 2.05) is 83.8 Å². The lowest BCUT2D eigenvalue weighted by atomic mass is 9.95. The summed E-state index contributed by atoms with van der Waals surface area (Å²) in [6.07, 6.45) is 2.94.